The molecule has 0 N–H and O–H groups in total. The highest BCUT2D eigenvalue weighted by Gasteiger charge is 2.28. The maximum Gasteiger partial charge on any atom is 0.0126 e. The van der Waals surface area contributed by atoms with E-state index in [1.54, 1.807) is 0 Å². The molecule has 0 aromatic heterocycles. The number of hydrogen-bond acceptors (Lipinski definition) is 0. The number of hydrogen-bond donors (Lipinski definition) is 0. The Labute approximate surface area is 111 Å². The normalized spacial score (nSPS) is 15.4. The number of halogens is 1. The lowest BCUT2D eigenvalue weighted by molar-refractivity contribution is 0.731. The highest BCUT2D eigenvalue weighted by molar-refractivity contribution is 9.09. The van der Waals surface area contributed by atoms with Crippen molar-refractivity contribution < 1.29 is 0 Å². The van der Waals surface area contributed by atoms with Crippen LogP contribution in [0.5, 0.6) is 0 Å². The molecular weight excluding hydrogens is 272 g/mol. The summed E-state index contributed by atoms with van der Waals surface area (Å²) in [6, 6.07) is 17.6. The second kappa shape index (κ2) is 4.30. The quantitative estimate of drug-likeness (QED) is 0.684. The van der Waals surface area contributed by atoms with Crippen molar-refractivity contribution in [3.8, 4) is 11.1 Å². The van der Waals surface area contributed by atoms with Gasteiger partial charge in [-0.05, 0) is 28.7 Å². The van der Waals surface area contributed by atoms with Gasteiger partial charge in [0, 0.05) is 10.7 Å². The molecule has 2 aromatic carbocycles. The molecule has 0 saturated heterocycles. The molecule has 0 spiro atoms. The van der Waals surface area contributed by atoms with Crippen molar-refractivity contribution in [3.05, 3.63) is 59.7 Å². The first-order valence-corrected chi connectivity index (χ1v) is 7.01. The van der Waals surface area contributed by atoms with Crippen LogP contribution in [0.3, 0.4) is 0 Å². The van der Waals surface area contributed by atoms with E-state index in [9.17, 15) is 0 Å². The third-order valence-electron chi connectivity index (χ3n) is 3.52. The highest BCUT2D eigenvalue weighted by Crippen LogP contribution is 2.46. The van der Waals surface area contributed by atoms with E-state index in [4.69, 9.17) is 0 Å². The molecule has 0 fully saturated rings. The first-order chi connectivity index (χ1) is 8.27. The minimum absolute atomic E-state index is 0.548. The van der Waals surface area contributed by atoms with Gasteiger partial charge in [-0.2, -0.15) is 0 Å². The molecule has 1 aliphatic rings. The Kier molecular flexibility index (Phi) is 2.79. The highest BCUT2D eigenvalue weighted by atomic mass is 79.9. The van der Waals surface area contributed by atoms with Crippen molar-refractivity contribution in [3.63, 3.8) is 0 Å². The SMILES string of the molecule is CC(Br)CC1c2ccccc2-c2ccccc21. The van der Waals surface area contributed by atoms with Crippen molar-refractivity contribution in [2.24, 2.45) is 0 Å². The van der Waals surface area contributed by atoms with Crippen LogP contribution < -0.4 is 0 Å². The van der Waals surface area contributed by atoms with Gasteiger partial charge in [-0.25, -0.2) is 0 Å². The molecule has 0 bridgehead atoms. The third-order valence-corrected chi connectivity index (χ3v) is 3.90. The second-order valence-electron chi connectivity index (χ2n) is 4.74. The summed E-state index contributed by atoms with van der Waals surface area (Å²) in [6.45, 7) is 2.23. The molecule has 1 unspecified atom stereocenters. The van der Waals surface area contributed by atoms with Crippen LogP contribution >= 0.6 is 15.9 Å². The molecule has 17 heavy (non-hydrogen) atoms. The number of alkyl halides is 1. The summed E-state index contributed by atoms with van der Waals surface area (Å²) < 4.78 is 0. The van der Waals surface area contributed by atoms with Crippen molar-refractivity contribution in [2.45, 2.75) is 24.1 Å². The Balaban J connectivity index is 2.17. The number of fused-ring (bicyclic) bond motifs is 3. The minimum atomic E-state index is 0.548. The fraction of sp³-hybridized carbons (Fsp3) is 0.250. The summed E-state index contributed by atoms with van der Waals surface area (Å²) in [4.78, 5) is 0.548. The predicted octanol–water partition coefficient (Wildman–Crippen LogP) is 4.97. The molecule has 0 heterocycles. The largest absolute Gasteiger partial charge is 0.0893 e. The van der Waals surface area contributed by atoms with Crippen molar-refractivity contribution in [1.29, 1.82) is 0 Å². The van der Waals surface area contributed by atoms with E-state index in [1.165, 1.54) is 22.3 Å². The van der Waals surface area contributed by atoms with Crippen LogP contribution in [0.15, 0.2) is 48.5 Å². The molecule has 1 atom stereocenters. The van der Waals surface area contributed by atoms with Gasteiger partial charge in [-0.3, -0.25) is 0 Å². The van der Waals surface area contributed by atoms with E-state index in [1.807, 2.05) is 0 Å². The van der Waals surface area contributed by atoms with Gasteiger partial charge >= 0.3 is 0 Å². The van der Waals surface area contributed by atoms with Crippen molar-refractivity contribution in [1.82, 2.24) is 0 Å². The Morgan fingerprint density at radius 2 is 1.41 bits per heavy atom. The van der Waals surface area contributed by atoms with Crippen LogP contribution in [0.2, 0.25) is 0 Å². The topological polar surface area (TPSA) is 0 Å². The molecular formula is C16H15Br. The first-order valence-electron chi connectivity index (χ1n) is 6.09. The minimum Gasteiger partial charge on any atom is -0.0893 e. The monoisotopic (exact) mass is 286 g/mol. The fourth-order valence-electron chi connectivity index (χ4n) is 2.84. The third kappa shape index (κ3) is 1.83. The smallest absolute Gasteiger partial charge is 0.0126 e. The summed E-state index contributed by atoms with van der Waals surface area (Å²) in [5.41, 5.74) is 5.81. The standard InChI is InChI=1S/C16H15Br/c1-11(17)10-16-14-8-4-2-6-12(14)13-7-3-5-9-15(13)16/h2-9,11,16H,10H2,1H3. The predicted molar refractivity (Wildman–Crippen MR) is 76.7 cm³/mol. The lowest BCUT2D eigenvalue weighted by Gasteiger charge is -2.14. The van der Waals surface area contributed by atoms with Crippen LogP contribution in [0.4, 0.5) is 0 Å². The summed E-state index contributed by atoms with van der Waals surface area (Å²) in [7, 11) is 0. The maximum absolute atomic E-state index is 3.69. The molecule has 3 rings (SSSR count). The molecule has 0 radical (unpaired) electrons. The zero-order valence-corrected chi connectivity index (χ0v) is 11.4. The molecule has 0 amide bonds. The van der Waals surface area contributed by atoms with Crippen LogP contribution in [-0.2, 0) is 0 Å². The van der Waals surface area contributed by atoms with Gasteiger partial charge in [0.25, 0.3) is 0 Å². The summed E-state index contributed by atoms with van der Waals surface area (Å²) in [5, 5.41) is 0. The van der Waals surface area contributed by atoms with E-state index in [2.05, 4.69) is 71.4 Å². The lowest BCUT2D eigenvalue weighted by atomic mass is 9.92. The Hall–Kier alpha value is -1.08. The van der Waals surface area contributed by atoms with Gasteiger partial charge in [0.2, 0.25) is 0 Å². The number of benzene rings is 2. The zero-order chi connectivity index (χ0) is 11.8. The second-order valence-corrected chi connectivity index (χ2v) is 6.31. The molecule has 0 saturated carbocycles. The molecule has 2 aromatic rings. The average molecular weight is 287 g/mol. The summed E-state index contributed by atoms with van der Waals surface area (Å²) in [6.07, 6.45) is 1.16. The Morgan fingerprint density at radius 3 is 1.88 bits per heavy atom. The van der Waals surface area contributed by atoms with E-state index in [0.29, 0.717) is 10.7 Å². The van der Waals surface area contributed by atoms with E-state index in [-0.39, 0.29) is 0 Å². The maximum atomic E-state index is 3.69. The zero-order valence-electron chi connectivity index (χ0n) is 9.86. The molecule has 1 aliphatic carbocycles. The van der Waals surface area contributed by atoms with Gasteiger partial charge in [-0.1, -0.05) is 71.4 Å². The summed E-state index contributed by atoms with van der Waals surface area (Å²) >= 11 is 3.69. The molecule has 86 valence electrons. The fourth-order valence-corrected chi connectivity index (χ4v) is 3.21. The van der Waals surface area contributed by atoms with E-state index < -0.39 is 0 Å². The Morgan fingerprint density at radius 1 is 0.941 bits per heavy atom. The van der Waals surface area contributed by atoms with E-state index >= 15 is 0 Å². The van der Waals surface area contributed by atoms with Gasteiger partial charge < -0.3 is 0 Å². The van der Waals surface area contributed by atoms with Gasteiger partial charge in [-0.15, -0.1) is 0 Å². The van der Waals surface area contributed by atoms with Crippen molar-refractivity contribution >= 4 is 15.9 Å². The van der Waals surface area contributed by atoms with Gasteiger partial charge in [0.1, 0.15) is 0 Å². The lowest BCUT2D eigenvalue weighted by Crippen LogP contribution is -2.02. The van der Waals surface area contributed by atoms with E-state index in [0.717, 1.165) is 6.42 Å². The van der Waals surface area contributed by atoms with Crippen molar-refractivity contribution in [2.75, 3.05) is 0 Å². The Bertz CT molecular complexity index is 497. The van der Waals surface area contributed by atoms with Gasteiger partial charge in [0.15, 0.2) is 0 Å². The molecule has 0 aliphatic heterocycles. The van der Waals surface area contributed by atoms with Crippen LogP contribution in [0, 0.1) is 0 Å². The first kappa shape index (κ1) is 11.0. The number of rotatable bonds is 2. The van der Waals surface area contributed by atoms with Crippen LogP contribution in [0.25, 0.3) is 11.1 Å². The average Bonchev–Trinajstić information content (AvgIpc) is 2.65. The molecule has 1 heteroatoms. The van der Waals surface area contributed by atoms with Crippen LogP contribution in [0.1, 0.15) is 30.4 Å². The van der Waals surface area contributed by atoms with Gasteiger partial charge in [0.05, 0.1) is 0 Å². The molecule has 0 nitrogen and oxygen atoms in total. The summed E-state index contributed by atoms with van der Waals surface area (Å²) in [5.74, 6) is 0.553. The van der Waals surface area contributed by atoms with Crippen LogP contribution in [-0.4, -0.2) is 4.83 Å².